The van der Waals surface area contributed by atoms with Gasteiger partial charge in [0.2, 0.25) is 0 Å². The highest BCUT2D eigenvalue weighted by Crippen LogP contribution is 2.42. The van der Waals surface area contributed by atoms with Crippen LogP contribution in [0.2, 0.25) is 0 Å². The van der Waals surface area contributed by atoms with Crippen LogP contribution in [0.3, 0.4) is 0 Å². The van der Waals surface area contributed by atoms with Gasteiger partial charge in [-0.3, -0.25) is 9.67 Å². The number of rotatable bonds is 6. The van der Waals surface area contributed by atoms with E-state index < -0.39 is 0 Å². The third-order valence-corrected chi connectivity index (χ3v) is 8.72. The maximum atomic E-state index is 5.65. The molecule has 0 amide bonds. The largest absolute Gasteiger partial charge is 0.497 e. The van der Waals surface area contributed by atoms with Crippen molar-refractivity contribution in [2.24, 2.45) is 10.9 Å². The van der Waals surface area contributed by atoms with Gasteiger partial charge in [0, 0.05) is 54.0 Å². The van der Waals surface area contributed by atoms with E-state index in [0.717, 1.165) is 41.4 Å². The molecule has 0 bridgehead atoms. The molecule has 0 spiro atoms. The van der Waals surface area contributed by atoms with Gasteiger partial charge >= 0.3 is 0 Å². The van der Waals surface area contributed by atoms with Gasteiger partial charge in [-0.25, -0.2) is 0 Å². The number of allylic oxidation sites excluding steroid dienone is 4. The molecule has 1 saturated heterocycles. The van der Waals surface area contributed by atoms with Crippen LogP contribution in [0.5, 0.6) is 5.75 Å². The van der Waals surface area contributed by atoms with Crippen LogP contribution in [0.15, 0.2) is 77.2 Å². The first kappa shape index (κ1) is 25.7. The summed E-state index contributed by atoms with van der Waals surface area (Å²) in [5.74, 6) is 2.05. The molecule has 39 heavy (non-hydrogen) atoms. The summed E-state index contributed by atoms with van der Waals surface area (Å²) in [5.41, 5.74) is 5.55. The van der Waals surface area contributed by atoms with E-state index in [2.05, 4.69) is 78.0 Å². The molecule has 4 aliphatic rings. The quantitative estimate of drug-likeness (QED) is 0.519. The SMILES string of the molecule is COC1=CC2c3c(c(-c4cccc(OC)c4)nn3C3C=C(N4CCC(N(C)C)CC4)C=CC3C)C=NC2C=C1. The van der Waals surface area contributed by atoms with Gasteiger partial charge in [0.05, 0.1) is 32.0 Å². The smallest absolute Gasteiger partial charge is 0.119 e. The summed E-state index contributed by atoms with van der Waals surface area (Å²) in [5, 5.41) is 5.34. The number of likely N-dealkylation sites (tertiary alicyclic amines) is 1. The summed E-state index contributed by atoms with van der Waals surface area (Å²) in [4.78, 5) is 9.85. The zero-order chi connectivity index (χ0) is 27.1. The summed E-state index contributed by atoms with van der Waals surface area (Å²) in [7, 11) is 7.82. The lowest BCUT2D eigenvalue weighted by atomic mass is 9.85. The summed E-state index contributed by atoms with van der Waals surface area (Å²) in [6.07, 6.45) is 17.9. The van der Waals surface area contributed by atoms with Crippen molar-refractivity contribution in [1.82, 2.24) is 19.6 Å². The van der Waals surface area contributed by atoms with Gasteiger partial charge in [-0.1, -0.05) is 31.2 Å². The molecule has 2 aliphatic carbocycles. The Hall–Kier alpha value is -3.58. The highest BCUT2D eigenvalue weighted by molar-refractivity contribution is 5.92. The fraction of sp³-hybridized carbons (Fsp3) is 0.438. The van der Waals surface area contributed by atoms with E-state index in [0.29, 0.717) is 12.0 Å². The van der Waals surface area contributed by atoms with Gasteiger partial charge in [0.1, 0.15) is 17.2 Å². The number of fused-ring (bicyclic) bond motifs is 3. The molecule has 4 atom stereocenters. The lowest BCUT2D eigenvalue weighted by Crippen LogP contribution is -2.41. The predicted molar refractivity (Wildman–Crippen MR) is 156 cm³/mol. The molecule has 7 nitrogen and oxygen atoms in total. The molecular formula is C32H39N5O2. The Morgan fingerprint density at radius 1 is 1.00 bits per heavy atom. The molecule has 1 aromatic heterocycles. The second kappa shape index (κ2) is 10.5. The Kier molecular flexibility index (Phi) is 6.94. The fourth-order valence-corrected chi connectivity index (χ4v) is 6.35. The van der Waals surface area contributed by atoms with Crippen molar-refractivity contribution < 1.29 is 9.47 Å². The zero-order valence-corrected chi connectivity index (χ0v) is 23.6. The number of aromatic nitrogens is 2. The van der Waals surface area contributed by atoms with Gasteiger partial charge < -0.3 is 19.3 Å². The number of aliphatic imine (C=N–C) groups is 1. The first-order valence-corrected chi connectivity index (χ1v) is 14.0. The van der Waals surface area contributed by atoms with Crippen molar-refractivity contribution in [3.8, 4) is 17.0 Å². The number of methoxy groups -OCH3 is 2. The molecule has 0 N–H and O–H groups in total. The van der Waals surface area contributed by atoms with E-state index in [1.165, 1.54) is 24.2 Å². The molecule has 1 fully saturated rings. The molecule has 0 radical (unpaired) electrons. The van der Waals surface area contributed by atoms with Crippen molar-refractivity contribution in [3.05, 3.63) is 83.4 Å². The molecule has 204 valence electrons. The number of piperidine rings is 1. The number of nitrogens with zero attached hydrogens (tertiary/aromatic N) is 5. The summed E-state index contributed by atoms with van der Waals surface area (Å²) in [6, 6.07) is 8.95. The lowest BCUT2D eigenvalue weighted by Gasteiger charge is -2.39. The molecule has 2 aromatic rings. The summed E-state index contributed by atoms with van der Waals surface area (Å²) < 4.78 is 13.5. The number of hydrogen-bond acceptors (Lipinski definition) is 6. The average Bonchev–Trinajstić information content (AvgIpc) is 3.37. The summed E-state index contributed by atoms with van der Waals surface area (Å²) in [6.45, 7) is 4.45. The fourth-order valence-electron chi connectivity index (χ4n) is 6.35. The lowest BCUT2D eigenvalue weighted by molar-refractivity contribution is 0.171. The third kappa shape index (κ3) is 4.73. The second-order valence-electron chi connectivity index (χ2n) is 11.2. The first-order chi connectivity index (χ1) is 19.0. The van der Waals surface area contributed by atoms with E-state index >= 15 is 0 Å². The first-order valence-electron chi connectivity index (χ1n) is 14.0. The van der Waals surface area contributed by atoms with Crippen LogP contribution in [0.4, 0.5) is 0 Å². The summed E-state index contributed by atoms with van der Waals surface area (Å²) >= 11 is 0. The van der Waals surface area contributed by atoms with Crippen molar-refractivity contribution in [1.29, 1.82) is 0 Å². The Labute approximate surface area is 231 Å². The van der Waals surface area contributed by atoms with E-state index in [1.54, 1.807) is 14.2 Å². The molecular weight excluding hydrogens is 486 g/mol. The van der Waals surface area contributed by atoms with Crippen LogP contribution in [-0.4, -0.2) is 79.3 Å². The normalized spacial score (nSPS) is 26.3. The van der Waals surface area contributed by atoms with Gasteiger partial charge in [-0.2, -0.15) is 5.10 Å². The Bertz CT molecular complexity index is 1370. The molecule has 7 heteroatoms. The van der Waals surface area contributed by atoms with Crippen molar-refractivity contribution in [2.75, 3.05) is 41.4 Å². The minimum atomic E-state index is 0.0351. The maximum Gasteiger partial charge on any atom is 0.119 e. The molecule has 2 aliphatic heterocycles. The second-order valence-corrected chi connectivity index (χ2v) is 11.2. The highest BCUT2D eigenvalue weighted by atomic mass is 16.5. The van der Waals surface area contributed by atoms with Crippen LogP contribution < -0.4 is 4.74 Å². The van der Waals surface area contributed by atoms with Crippen molar-refractivity contribution in [2.45, 2.75) is 43.8 Å². The topological polar surface area (TPSA) is 55.1 Å². The number of benzene rings is 1. The van der Waals surface area contributed by atoms with Crippen LogP contribution >= 0.6 is 0 Å². The molecule has 0 saturated carbocycles. The minimum Gasteiger partial charge on any atom is -0.497 e. The van der Waals surface area contributed by atoms with Gasteiger partial charge in [-0.15, -0.1) is 0 Å². The van der Waals surface area contributed by atoms with Crippen LogP contribution in [0.25, 0.3) is 11.3 Å². The highest BCUT2D eigenvalue weighted by Gasteiger charge is 2.36. The van der Waals surface area contributed by atoms with Crippen LogP contribution in [-0.2, 0) is 4.74 Å². The third-order valence-electron chi connectivity index (χ3n) is 8.72. The molecule has 6 rings (SSSR count). The Morgan fingerprint density at radius 3 is 2.56 bits per heavy atom. The van der Waals surface area contributed by atoms with Crippen LogP contribution in [0.1, 0.15) is 43.0 Å². The zero-order valence-electron chi connectivity index (χ0n) is 23.6. The van der Waals surface area contributed by atoms with Crippen LogP contribution in [0, 0.1) is 5.92 Å². The van der Waals surface area contributed by atoms with E-state index in [-0.39, 0.29) is 18.0 Å². The Balaban J connectivity index is 1.44. The molecule has 3 heterocycles. The molecule has 4 unspecified atom stereocenters. The van der Waals surface area contributed by atoms with Gasteiger partial charge in [-0.05, 0) is 63.4 Å². The minimum absolute atomic E-state index is 0.0351. The monoisotopic (exact) mass is 525 g/mol. The van der Waals surface area contributed by atoms with E-state index in [4.69, 9.17) is 19.6 Å². The van der Waals surface area contributed by atoms with E-state index in [9.17, 15) is 0 Å². The standard InChI is InChI=1S/C32H39N5O2/c1-21-9-10-24(36-15-13-23(14-16-36)35(2)3)18-30(21)37-32-27-19-26(39-5)11-12-29(27)33-20-28(32)31(34-37)22-7-6-8-25(17-22)38-4/h6-12,17-21,23,27,29-30H,13-16H2,1-5H3. The van der Waals surface area contributed by atoms with Gasteiger partial charge in [0.25, 0.3) is 0 Å². The van der Waals surface area contributed by atoms with Crippen molar-refractivity contribution in [3.63, 3.8) is 0 Å². The van der Waals surface area contributed by atoms with Gasteiger partial charge in [0.15, 0.2) is 0 Å². The number of hydrogen-bond donors (Lipinski definition) is 0. The maximum absolute atomic E-state index is 5.65. The Morgan fingerprint density at radius 2 is 1.82 bits per heavy atom. The van der Waals surface area contributed by atoms with E-state index in [1.807, 2.05) is 24.4 Å². The average molecular weight is 526 g/mol. The van der Waals surface area contributed by atoms with Crippen molar-refractivity contribution >= 4 is 6.21 Å². The molecule has 1 aromatic carbocycles. The predicted octanol–water partition coefficient (Wildman–Crippen LogP) is 5.20. The number of ether oxygens (including phenoxy) is 2.